The van der Waals surface area contributed by atoms with Gasteiger partial charge in [-0.3, -0.25) is 0 Å². The van der Waals surface area contributed by atoms with Gasteiger partial charge in [0.1, 0.15) is 0 Å². The summed E-state index contributed by atoms with van der Waals surface area (Å²) >= 11 is 4.57. The van der Waals surface area contributed by atoms with E-state index in [9.17, 15) is 0 Å². The average molecular weight is 490 g/mol. The molecule has 0 atom stereocenters. The number of ether oxygens (including phenoxy) is 1. The van der Waals surface area contributed by atoms with Crippen molar-refractivity contribution in [1.29, 1.82) is 0 Å². The summed E-state index contributed by atoms with van der Waals surface area (Å²) in [6.45, 7) is 4.49. The molecule has 0 rings (SSSR count). The molecule has 0 amide bonds. The lowest BCUT2D eigenvalue weighted by Crippen LogP contribution is -1.82. The Labute approximate surface area is 146 Å². The smallest absolute Gasteiger partial charge is 0.161 e. The van der Waals surface area contributed by atoms with Gasteiger partial charge in [-0.15, -0.1) is 0 Å². The van der Waals surface area contributed by atoms with Crippen LogP contribution in [0.1, 0.15) is 78.1 Å². The molecule has 19 heavy (non-hydrogen) atoms. The van der Waals surface area contributed by atoms with Crippen LogP contribution < -0.4 is 0 Å². The van der Waals surface area contributed by atoms with Crippen LogP contribution in [0.15, 0.2) is 19.7 Å². The predicted molar refractivity (Wildman–Crippen MR) is 103 cm³/mol. The molecular weight excluding hydrogens is 462 g/mol. The summed E-state index contributed by atoms with van der Waals surface area (Å²) < 4.78 is 7.79. The van der Waals surface area contributed by atoms with Gasteiger partial charge >= 0.3 is 0 Å². The van der Waals surface area contributed by atoms with Crippen molar-refractivity contribution in [2.45, 2.75) is 78.1 Å². The topological polar surface area (TPSA) is 9.23 Å². The van der Waals surface area contributed by atoms with Gasteiger partial charge < -0.3 is 4.74 Å². The van der Waals surface area contributed by atoms with E-state index in [1.165, 1.54) is 51.4 Å². The second-order valence-electron chi connectivity index (χ2n) is 4.82. The van der Waals surface area contributed by atoms with Crippen molar-refractivity contribution < 1.29 is 4.74 Å². The molecule has 0 aromatic rings. The highest BCUT2D eigenvalue weighted by atomic mass is 127. The minimum absolute atomic E-state index is 1.02. The van der Waals surface area contributed by atoms with E-state index in [1.807, 2.05) is 0 Å². The molecule has 0 radical (unpaired) electrons. The summed E-state index contributed by atoms with van der Waals surface area (Å²) in [5, 5.41) is 0. The first-order valence-corrected chi connectivity index (χ1v) is 9.75. The van der Waals surface area contributed by atoms with Crippen LogP contribution in [-0.4, -0.2) is 0 Å². The number of rotatable bonds is 12. The second kappa shape index (κ2) is 15.1. The van der Waals surface area contributed by atoms with Crippen molar-refractivity contribution in [3.8, 4) is 0 Å². The summed E-state index contributed by atoms with van der Waals surface area (Å²) in [5.74, 6) is 0. The third-order valence-electron chi connectivity index (χ3n) is 2.92. The summed E-state index contributed by atoms with van der Waals surface area (Å²) in [5.41, 5.74) is 0. The van der Waals surface area contributed by atoms with Crippen LogP contribution in [0, 0.1) is 0 Å². The molecule has 0 N–H and O–H groups in total. The van der Waals surface area contributed by atoms with Crippen molar-refractivity contribution in [3.05, 3.63) is 19.7 Å². The maximum atomic E-state index is 5.76. The first-order valence-electron chi connectivity index (χ1n) is 7.59. The zero-order chi connectivity index (χ0) is 14.3. The van der Waals surface area contributed by atoms with E-state index >= 15 is 0 Å². The monoisotopic (exact) mass is 490 g/mol. The summed E-state index contributed by atoms with van der Waals surface area (Å²) in [6.07, 6.45) is 17.2. The molecule has 0 aromatic carbocycles. The zero-order valence-corrected chi connectivity index (χ0v) is 16.7. The van der Waals surface area contributed by atoms with Crippen LogP contribution in [0.4, 0.5) is 0 Å². The molecule has 0 heterocycles. The molecular formula is C16H28I2O. The third-order valence-corrected chi connectivity index (χ3v) is 4.24. The van der Waals surface area contributed by atoms with Gasteiger partial charge in [0.15, 0.2) is 7.53 Å². The van der Waals surface area contributed by atoms with Gasteiger partial charge in [-0.2, -0.15) is 0 Å². The Hall–Kier alpha value is 0.740. The van der Waals surface area contributed by atoms with Crippen LogP contribution in [0.25, 0.3) is 0 Å². The normalized spacial score (nSPS) is 12.8. The zero-order valence-electron chi connectivity index (χ0n) is 12.4. The summed E-state index contributed by atoms with van der Waals surface area (Å²) in [4.78, 5) is 0. The first kappa shape index (κ1) is 19.7. The van der Waals surface area contributed by atoms with Crippen molar-refractivity contribution in [3.63, 3.8) is 0 Å². The van der Waals surface area contributed by atoms with Crippen LogP contribution in [-0.2, 0) is 4.74 Å². The molecule has 0 saturated carbocycles. The molecule has 1 nitrogen and oxygen atoms in total. The van der Waals surface area contributed by atoms with E-state index in [2.05, 4.69) is 71.2 Å². The molecule has 3 heteroatoms. The highest BCUT2D eigenvalue weighted by molar-refractivity contribution is 14.1. The molecule has 0 aromatic heterocycles. The van der Waals surface area contributed by atoms with Gasteiger partial charge in [0.05, 0.1) is 0 Å². The van der Waals surface area contributed by atoms with Crippen LogP contribution in [0.5, 0.6) is 0 Å². The van der Waals surface area contributed by atoms with Gasteiger partial charge in [0.2, 0.25) is 0 Å². The molecule has 0 aliphatic heterocycles. The lowest BCUT2D eigenvalue weighted by Gasteiger charge is -2.03. The quantitative estimate of drug-likeness (QED) is 0.157. The standard InChI is InChI=1S/C16H28I2O/c1-3-5-7-9-11-13-15(17)19-16(18)14-12-10-8-6-4-2/h13-14H,3-12H2,1-2H3/b15-13-,16-14-. The molecule has 112 valence electrons. The van der Waals surface area contributed by atoms with E-state index in [4.69, 9.17) is 4.74 Å². The largest absolute Gasteiger partial charge is 0.445 e. The van der Waals surface area contributed by atoms with Crippen molar-refractivity contribution in [1.82, 2.24) is 0 Å². The fourth-order valence-corrected chi connectivity index (χ4v) is 3.27. The van der Waals surface area contributed by atoms with Crippen molar-refractivity contribution >= 4 is 45.2 Å². The van der Waals surface area contributed by atoms with Gasteiger partial charge in [-0.1, -0.05) is 52.4 Å². The number of allylic oxidation sites excluding steroid dienone is 2. The Balaban J connectivity index is 3.68. The fraction of sp³-hybridized carbons (Fsp3) is 0.750. The van der Waals surface area contributed by atoms with Gasteiger partial charge in [0.25, 0.3) is 0 Å². The Bertz CT molecular complexity index is 233. The summed E-state index contributed by atoms with van der Waals surface area (Å²) in [6, 6.07) is 0. The van der Waals surface area contributed by atoms with E-state index in [1.54, 1.807) is 0 Å². The SMILES string of the molecule is CCCCCC/C=C(/I)O/C(I)=C\CCCCCC. The molecule has 0 spiro atoms. The van der Waals surface area contributed by atoms with E-state index in [0.29, 0.717) is 0 Å². The number of halogens is 2. The Kier molecular flexibility index (Phi) is 15.7. The maximum Gasteiger partial charge on any atom is 0.161 e. The fourth-order valence-electron chi connectivity index (χ4n) is 1.75. The molecule has 0 unspecified atom stereocenters. The lowest BCUT2D eigenvalue weighted by atomic mass is 10.1. The Morgan fingerprint density at radius 3 is 1.53 bits per heavy atom. The molecule has 0 saturated heterocycles. The molecule has 0 fully saturated rings. The number of hydrogen-bond acceptors (Lipinski definition) is 1. The van der Waals surface area contributed by atoms with Gasteiger partial charge in [0, 0.05) is 0 Å². The highest BCUT2D eigenvalue weighted by Crippen LogP contribution is 2.21. The van der Waals surface area contributed by atoms with Gasteiger partial charge in [-0.05, 0) is 83.0 Å². The Morgan fingerprint density at radius 2 is 1.16 bits per heavy atom. The van der Waals surface area contributed by atoms with E-state index in [0.717, 1.165) is 20.4 Å². The minimum atomic E-state index is 1.02. The van der Waals surface area contributed by atoms with Gasteiger partial charge in [-0.25, -0.2) is 0 Å². The average Bonchev–Trinajstić information content (AvgIpc) is 2.38. The first-order chi connectivity index (χ1) is 9.20. The highest BCUT2D eigenvalue weighted by Gasteiger charge is 1.96. The third kappa shape index (κ3) is 15.0. The van der Waals surface area contributed by atoms with E-state index in [-0.39, 0.29) is 0 Å². The number of unbranched alkanes of at least 4 members (excludes halogenated alkanes) is 8. The summed E-state index contributed by atoms with van der Waals surface area (Å²) in [7, 11) is 0. The van der Waals surface area contributed by atoms with Crippen LogP contribution in [0.3, 0.4) is 0 Å². The number of hydrogen-bond donors (Lipinski definition) is 0. The van der Waals surface area contributed by atoms with Crippen LogP contribution in [0.2, 0.25) is 0 Å². The van der Waals surface area contributed by atoms with Crippen LogP contribution >= 0.6 is 45.2 Å². The Morgan fingerprint density at radius 1 is 0.737 bits per heavy atom. The molecule has 0 bridgehead atoms. The van der Waals surface area contributed by atoms with Crippen molar-refractivity contribution in [2.24, 2.45) is 0 Å². The molecule has 0 aliphatic rings. The molecule has 0 aliphatic carbocycles. The predicted octanol–water partition coefficient (Wildman–Crippen LogP) is 7.50. The van der Waals surface area contributed by atoms with E-state index < -0.39 is 0 Å². The maximum absolute atomic E-state index is 5.76. The van der Waals surface area contributed by atoms with Crippen molar-refractivity contribution in [2.75, 3.05) is 0 Å². The lowest BCUT2D eigenvalue weighted by molar-refractivity contribution is 0.384. The minimum Gasteiger partial charge on any atom is -0.445 e. The second-order valence-corrected chi connectivity index (χ2v) is 6.94.